The fourth-order valence-corrected chi connectivity index (χ4v) is 4.21. The highest BCUT2D eigenvalue weighted by Gasteiger charge is 2.16. The number of rotatable bonds is 9. The van der Waals surface area contributed by atoms with Gasteiger partial charge in [-0.05, 0) is 78.7 Å². The summed E-state index contributed by atoms with van der Waals surface area (Å²) in [5.41, 5.74) is 1.63. The van der Waals surface area contributed by atoms with Crippen LogP contribution in [0.3, 0.4) is 0 Å². The minimum Gasteiger partial charge on any atom is -0.351 e. The van der Waals surface area contributed by atoms with E-state index in [1.807, 2.05) is 20.2 Å². The van der Waals surface area contributed by atoms with E-state index in [9.17, 15) is 14.4 Å². The van der Waals surface area contributed by atoms with Gasteiger partial charge in [0.05, 0.1) is 15.0 Å². The number of nitrogens with one attached hydrogen (secondary N) is 3. The fourth-order valence-electron chi connectivity index (χ4n) is 3.17. The summed E-state index contributed by atoms with van der Waals surface area (Å²) in [5, 5.41) is 9.33. The highest BCUT2D eigenvalue weighted by Crippen LogP contribution is 2.29. The maximum absolute atomic E-state index is 12.8. The summed E-state index contributed by atoms with van der Waals surface area (Å²) in [6, 6.07) is 8.86. The Bertz CT molecular complexity index is 1220. The molecule has 1 aromatic carbocycles. The molecule has 3 amide bonds. The second-order valence-electron chi connectivity index (χ2n) is 7.81. The topological polar surface area (TPSA) is 95.5 Å². The molecule has 0 aliphatic carbocycles. The molecule has 34 heavy (non-hydrogen) atoms. The molecule has 11 heteroatoms. The van der Waals surface area contributed by atoms with Gasteiger partial charge in [-0.15, -0.1) is 23.7 Å². The van der Waals surface area contributed by atoms with Gasteiger partial charge in [-0.3, -0.25) is 14.4 Å². The number of carbonyl (C=O) groups is 3. The van der Waals surface area contributed by atoms with Crippen molar-refractivity contribution >= 4 is 78.9 Å². The Morgan fingerprint density at radius 1 is 1.09 bits per heavy atom. The van der Waals surface area contributed by atoms with Crippen LogP contribution >= 0.6 is 39.7 Å². The number of nitrogens with zero attached hydrogens (tertiary/aromatic N) is 2. The van der Waals surface area contributed by atoms with E-state index in [0.29, 0.717) is 28.5 Å². The number of hydrogen-bond acceptors (Lipinski definition) is 5. The Morgan fingerprint density at radius 2 is 1.82 bits per heavy atom. The van der Waals surface area contributed by atoms with E-state index < -0.39 is 0 Å². The lowest BCUT2D eigenvalue weighted by Gasteiger charge is -2.10. The summed E-state index contributed by atoms with van der Waals surface area (Å²) in [7, 11) is 5.74. The molecule has 2 aromatic heterocycles. The van der Waals surface area contributed by atoms with Crippen LogP contribution in [0.25, 0.3) is 10.1 Å². The van der Waals surface area contributed by atoms with Crippen LogP contribution < -0.4 is 16.0 Å². The molecule has 0 fully saturated rings. The van der Waals surface area contributed by atoms with Gasteiger partial charge in [-0.1, -0.05) is 6.58 Å². The average molecular weight is 569 g/mol. The number of amides is 3. The summed E-state index contributed by atoms with van der Waals surface area (Å²) in [5.74, 6) is -0.775. The molecule has 0 atom stereocenters. The normalized spacial score (nSPS) is 10.6. The van der Waals surface area contributed by atoms with Crippen LogP contribution in [0.15, 0.2) is 47.6 Å². The third-order valence-electron chi connectivity index (χ3n) is 4.81. The van der Waals surface area contributed by atoms with E-state index >= 15 is 0 Å². The highest BCUT2D eigenvalue weighted by molar-refractivity contribution is 9.12. The van der Waals surface area contributed by atoms with E-state index in [1.165, 1.54) is 11.3 Å². The zero-order chi connectivity index (χ0) is 24.1. The van der Waals surface area contributed by atoms with Gasteiger partial charge in [0.2, 0.25) is 0 Å². The highest BCUT2D eigenvalue weighted by atomic mass is 79.9. The van der Waals surface area contributed by atoms with E-state index in [1.54, 1.807) is 42.1 Å². The van der Waals surface area contributed by atoms with E-state index in [0.717, 1.165) is 23.1 Å². The van der Waals surface area contributed by atoms with Crippen LogP contribution in [0.2, 0.25) is 0 Å². The largest absolute Gasteiger partial charge is 0.351 e. The first-order valence-corrected chi connectivity index (χ1v) is 11.8. The van der Waals surface area contributed by atoms with Crippen molar-refractivity contribution in [1.29, 1.82) is 0 Å². The first-order chi connectivity index (χ1) is 15.6. The van der Waals surface area contributed by atoms with Crippen molar-refractivity contribution in [2.24, 2.45) is 7.05 Å². The van der Waals surface area contributed by atoms with Crippen molar-refractivity contribution in [2.45, 2.75) is 6.42 Å². The molecule has 182 valence electrons. The summed E-state index contributed by atoms with van der Waals surface area (Å²) in [4.78, 5) is 39.6. The minimum absolute atomic E-state index is 0. The second-order valence-corrected chi connectivity index (χ2v) is 9.86. The molecule has 0 spiro atoms. The van der Waals surface area contributed by atoms with Crippen LogP contribution in [-0.4, -0.2) is 54.4 Å². The maximum Gasteiger partial charge on any atom is 0.267 e. The molecule has 0 unspecified atom stereocenters. The van der Waals surface area contributed by atoms with Crippen molar-refractivity contribution in [3.8, 4) is 0 Å². The monoisotopic (exact) mass is 567 g/mol. The Morgan fingerprint density at radius 3 is 2.50 bits per heavy atom. The number of fused-ring (bicyclic) bond motifs is 1. The third-order valence-corrected chi connectivity index (χ3v) is 6.28. The summed E-state index contributed by atoms with van der Waals surface area (Å²) < 4.78 is 2.84. The van der Waals surface area contributed by atoms with Crippen LogP contribution in [0, 0.1) is 0 Å². The lowest BCUT2D eigenvalue weighted by Crippen LogP contribution is -2.28. The van der Waals surface area contributed by atoms with Gasteiger partial charge < -0.3 is 25.4 Å². The quantitative estimate of drug-likeness (QED) is 0.263. The van der Waals surface area contributed by atoms with Gasteiger partial charge in [0, 0.05) is 30.2 Å². The molecule has 0 saturated carbocycles. The van der Waals surface area contributed by atoms with Crippen molar-refractivity contribution in [3.63, 3.8) is 0 Å². The van der Waals surface area contributed by atoms with Crippen molar-refractivity contribution in [2.75, 3.05) is 37.8 Å². The average Bonchev–Trinajstić information content (AvgIpc) is 3.33. The summed E-state index contributed by atoms with van der Waals surface area (Å²) in [6.45, 7) is 5.02. The molecule has 2 heterocycles. The Labute approximate surface area is 216 Å². The lowest BCUT2D eigenvalue weighted by molar-refractivity contribution is -0.112. The Kier molecular flexibility index (Phi) is 9.87. The second kappa shape index (κ2) is 12.2. The van der Waals surface area contributed by atoms with E-state index in [-0.39, 0.29) is 34.6 Å². The number of aromatic nitrogens is 1. The number of hydrogen-bond donors (Lipinski definition) is 3. The van der Waals surface area contributed by atoms with Crippen molar-refractivity contribution in [1.82, 2.24) is 14.8 Å². The van der Waals surface area contributed by atoms with E-state index in [4.69, 9.17) is 0 Å². The van der Waals surface area contributed by atoms with Gasteiger partial charge in [0.1, 0.15) is 5.69 Å². The van der Waals surface area contributed by atoms with E-state index in [2.05, 4.69) is 43.4 Å². The molecule has 0 bridgehead atoms. The molecule has 0 aliphatic rings. The zero-order valence-corrected chi connectivity index (χ0v) is 22.3. The molecule has 0 radical (unpaired) electrons. The zero-order valence-electron chi connectivity index (χ0n) is 19.1. The SMILES string of the molecule is C=C(Br)C(=O)Nc1ccc2sc(C(=O)Nc3cc(C(=O)NCCCN(C)C)n(C)c3)cc2c1.Cl. The van der Waals surface area contributed by atoms with Crippen molar-refractivity contribution in [3.05, 3.63) is 58.2 Å². The number of carbonyl (C=O) groups excluding carboxylic acids is 3. The fraction of sp³-hybridized carbons (Fsp3) is 0.261. The van der Waals surface area contributed by atoms with Crippen LogP contribution in [-0.2, 0) is 11.8 Å². The summed E-state index contributed by atoms with van der Waals surface area (Å²) in [6.07, 6.45) is 2.57. The third kappa shape index (κ3) is 7.17. The lowest BCUT2D eigenvalue weighted by atomic mass is 10.2. The predicted octanol–water partition coefficient (Wildman–Crippen LogP) is 4.44. The van der Waals surface area contributed by atoms with Crippen LogP contribution in [0.5, 0.6) is 0 Å². The number of halogens is 2. The molecular weight excluding hydrogens is 542 g/mol. The molecular formula is C23H27BrClN5O3S. The van der Waals surface area contributed by atoms with Crippen LogP contribution in [0.4, 0.5) is 11.4 Å². The molecule has 0 aliphatic heterocycles. The van der Waals surface area contributed by atoms with Gasteiger partial charge in [-0.2, -0.15) is 0 Å². The Balaban J connectivity index is 0.00000408. The number of thiophene rings is 1. The van der Waals surface area contributed by atoms with Crippen molar-refractivity contribution < 1.29 is 14.4 Å². The maximum atomic E-state index is 12.8. The predicted molar refractivity (Wildman–Crippen MR) is 145 cm³/mol. The molecule has 3 rings (SSSR count). The number of anilines is 2. The first-order valence-electron chi connectivity index (χ1n) is 10.2. The molecule has 3 aromatic rings. The number of aryl methyl sites for hydroxylation is 1. The first kappa shape index (κ1) is 27.6. The molecule has 8 nitrogen and oxygen atoms in total. The Hall–Kier alpha value is -2.66. The smallest absolute Gasteiger partial charge is 0.267 e. The minimum atomic E-state index is -0.329. The molecule has 0 saturated heterocycles. The van der Waals surface area contributed by atoms with Gasteiger partial charge in [-0.25, -0.2) is 0 Å². The summed E-state index contributed by atoms with van der Waals surface area (Å²) >= 11 is 4.40. The van der Waals surface area contributed by atoms with Gasteiger partial charge in [0.25, 0.3) is 17.7 Å². The standard InChI is InChI=1S/C23H26BrN5O3S.ClH/c1-14(24)21(30)26-16-6-7-19-15(10-16)11-20(33-19)23(32)27-17-12-18(29(4)13-17)22(31)25-8-5-9-28(2)3;/h6-7,10-13H,1,5,8-9H2,2-4H3,(H,25,31)(H,26,30)(H,27,32);1H. The van der Waals surface area contributed by atoms with Crippen LogP contribution in [0.1, 0.15) is 26.6 Å². The van der Waals surface area contributed by atoms with Gasteiger partial charge in [0.15, 0.2) is 0 Å². The molecule has 3 N–H and O–H groups in total. The van der Waals surface area contributed by atoms with Gasteiger partial charge >= 0.3 is 0 Å². The number of benzene rings is 1.